The number of pyridine rings is 1. The summed E-state index contributed by atoms with van der Waals surface area (Å²) < 4.78 is 18.5. The second kappa shape index (κ2) is 3.83. The lowest BCUT2D eigenvalue weighted by Crippen LogP contribution is -1.89. The summed E-state index contributed by atoms with van der Waals surface area (Å²) in [6.45, 7) is 0. The van der Waals surface area contributed by atoms with Gasteiger partial charge in [-0.3, -0.25) is 0 Å². The summed E-state index contributed by atoms with van der Waals surface area (Å²) in [4.78, 5) is 3.97. The second-order valence-electron chi connectivity index (χ2n) is 2.93. The van der Waals surface area contributed by atoms with Gasteiger partial charge in [-0.1, -0.05) is 23.2 Å². The zero-order chi connectivity index (χ0) is 11.0. The van der Waals surface area contributed by atoms with Crippen molar-refractivity contribution in [2.24, 2.45) is 0 Å². The molecule has 0 radical (unpaired) electrons. The number of rotatable bonds is 1. The highest BCUT2D eigenvalue weighted by Crippen LogP contribution is 2.30. The molecule has 0 fully saturated rings. The van der Waals surface area contributed by atoms with E-state index in [0.29, 0.717) is 11.3 Å². The van der Waals surface area contributed by atoms with Crippen molar-refractivity contribution < 1.29 is 9.13 Å². The van der Waals surface area contributed by atoms with E-state index in [9.17, 15) is 4.39 Å². The number of aromatic nitrogens is 1. The standard InChI is InChI=1S/C10H6Cl2FNO/c1-15-5-2-7(13)10-6(11)4-9(12)14-8(10)3-5/h2-4H,1H3. The van der Waals surface area contributed by atoms with Crippen LogP contribution in [-0.2, 0) is 0 Å². The van der Waals surface area contributed by atoms with E-state index >= 15 is 0 Å². The number of nitrogens with zero attached hydrogens (tertiary/aromatic N) is 1. The zero-order valence-corrected chi connectivity index (χ0v) is 9.23. The maximum atomic E-state index is 13.6. The molecule has 0 aliphatic rings. The molecule has 0 amide bonds. The van der Waals surface area contributed by atoms with E-state index in [-0.39, 0.29) is 15.6 Å². The normalized spacial score (nSPS) is 10.7. The molecule has 0 spiro atoms. The number of hydrogen-bond acceptors (Lipinski definition) is 2. The van der Waals surface area contributed by atoms with E-state index in [1.807, 2.05) is 0 Å². The number of fused-ring (bicyclic) bond motifs is 1. The summed E-state index contributed by atoms with van der Waals surface area (Å²) in [5.41, 5.74) is 0.379. The van der Waals surface area contributed by atoms with Crippen molar-refractivity contribution in [3.63, 3.8) is 0 Å². The Balaban J connectivity index is 2.85. The van der Waals surface area contributed by atoms with E-state index in [1.54, 1.807) is 6.07 Å². The Labute approximate surface area is 95.6 Å². The number of hydrogen-bond donors (Lipinski definition) is 0. The van der Waals surface area contributed by atoms with Crippen LogP contribution in [0.2, 0.25) is 10.2 Å². The summed E-state index contributed by atoms with van der Waals surface area (Å²) in [5, 5.41) is 0.715. The lowest BCUT2D eigenvalue weighted by molar-refractivity contribution is 0.412. The van der Waals surface area contributed by atoms with Crippen molar-refractivity contribution in [2.75, 3.05) is 7.11 Å². The Morgan fingerprint density at radius 1 is 1.27 bits per heavy atom. The molecule has 1 heterocycles. The van der Waals surface area contributed by atoms with Gasteiger partial charge in [0.2, 0.25) is 0 Å². The minimum absolute atomic E-state index is 0.222. The van der Waals surface area contributed by atoms with Gasteiger partial charge in [-0.25, -0.2) is 9.37 Å². The molecule has 0 saturated carbocycles. The summed E-state index contributed by atoms with van der Waals surface area (Å²) >= 11 is 11.6. The predicted molar refractivity (Wildman–Crippen MR) is 58.3 cm³/mol. The topological polar surface area (TPSA) is 22.1 Å². The van der Waals surface area contributed by atoms with Gasteiger partial charge in [-0.05, 0) is 6.07 Å². The average molecular weight is 246 g/mol. The van der Waals surface area contributed by atoms with Crippen LogP contribution in [0.1, 0.15) is 0 Å². The van der Waals surface area contributed by atoms with Crippen LogP contribution in [0.15, 0.2) is 18.2 Å². The third-order valence-corrected chi connectivity index (χ3v) is 2.48. The lowest BCUT2D eigenvalue weighted by atomic mass is 10.2. The van der Waals surface area contributed by atoms with Crippen LogP contribution >= 0.6 is 23.2 Å². The van der Waals surface area contributed by atoms with Crippen molar-refractivity contribution in [1.29, 1.82) is 0 Å². The molecule has 78 valence electrons. The highest BCUT2D eigenvalue weighted by Gasteiger charge is 2.10. The Bertz CT molecular complexity index is 530. The van der Waals surface area contributed by atoms with Crippen LogP contribution in [-0.4, -0.2) is 12.1 Å². The van der Waals surface area contributed by atoms with E-state index in [1.165, 1.54) is 19.2 Å². The summed E-state index contributed by atoms with van der Waals surface area (Å²) in [6.07, 6.45) is 0. The molecule has 0 N–H and O–H groups in total. The van der Waals surface area contributed by atoms with Gasteiger partial charge in [-0.2, -0.15) is 0 Å². The number of benzene rings is 1. The molecule has 1 aromatic carbocycles. The quantitative estimate of drug-likeness (QED) is 0.716. The van der Waals surface area contributed by atoms with E-state index in [4.69, 9.17) is 27.9 Å². The zero-order valence-electron chi connectivity index (χ0n) is 7.72. The monoisotopic (exact) mass is 245 g/mol. The molecular formula is C10H6Cl2FNO. The van der Waals surface area contributed by atoms with Gasteiger partial charge < -0.3 is 4.74 Å². The fourth-order valence-corrected chi connectivity index (χ4v) is 1.88. The molecule has 2 nitrogen and oxygen atoms in total. The van der Waals surface area contributed by atoms with Crippen molar-refractivity contribution in [3.8, 4) is 5.75 Å². The van der Waals surface area contributed by atoms with Gasteiger partial charge >= 0.3 is 0 Å². The number of ether oxygens (including phenoxy) is 1. The van der Waals surface area contributed by atoms with E-state index in [2.05, 4.69) is 4.98 Å². The molecule has 0 aliphatic carbocycles. The minimum Gasteiger partial charge on any atom is -0.497 e. The molecule has 0 unspecified atom stereocenters. The van der Waals surface area contributed by atoms with Crippen LogP contribution in [0.25, 0.3) is 10.9 Å². The maximum absolute atomic E-state index is 13.6. The van der Waals surface area contributed by atoms with Crippen molar-refractivity contribution in [2.45, 2.75) is 0 Å². The van der Waals surface area contributed by atoms with Gasteiger partial charge in [0, 0.05) is 12.1 Å². The maximum Gasteiger partial charge on any atom is 0.137 e. The SMILES string of the molecule is COc1cc(F)c2c(Cl)cc(Cl)nc2c1. The third-order valence-electron chi connectivity index (χ3n) is 1.99. The number of halogens is 3. The van der Waals surface area contributed by atoms with E-state index < -0.39 is 5.82 Å². The van der Waals surface area contributed by atoms with Crippen LogP contribution < -0.4 is 4.74 Å². The van der Waals surface area contributed by atoms with E-state index in [0.717, 1.165) is 0 Å². The van der Waals surface area contributed by atoms with Gasteiger partial charge in [0.15, 0.2) is 0 Å². The first kappa shape index (κ1) is 10.5. The molecule has 5 heteroatoms. The van der Waals surface area contributed by atoms with Crippen LogP contribution in [0, 0.1) is 5.82 Å². The Morgan fingerprint density at radius 3 is 2.67 bits per heavy atom. The highest BCUT2D eigenvalue weighted by atomic mass is 35.5. The van der Waals surface area contributed by atoms with Crippen molar-refractivity contribution >= 4 is 34.1 Å². The Kier molecular flexibility index (Phi) is 2.67. The largest absolute Gasteiger partial charge is 0.497 e. The van der Waals surface area contributed by atoms with Crippen LogP contribution in [0.4, 0.5) is 4.39 Å². The predicted octanol–water partition coefficient (Wildman–Crippen LogP) is 3.69. The molecule has 2 aromatic rings. The third kappa shape index (κ3) is 1.85. The first-order chi connectivity index (χ1) is 7.11. The van der Waals surface area contributed by atoms with Crippen LogP contribution in [0.3, 0.4) is 0 Å². The molecular weight excluding hydrogens is 240 g/mol. The molecule has 0 atom stereocenters. The van der Waals surface area contributed by atoms with Gasteiger partial charge in [0.25, 0.3) is 0 Å². The fraction of sp³-hybridized carbons (Fsp3) is 0.100. The Morgan fingerprint density at radius 2 is 2.00 bits per heavy atom. The molecule has 15 heavy (non-hydrogen) atoms. The first-order valence-corrected chi connectivity index (χ1v) is 4.86. The van der Waals surface area contributed by atoms with Crippen LogP contribution in [0.5, 0.6) is 5.75 Å². The Hall–Kier alpha value is -1.06. The average Bonchev–Trinajstić information content (AvgIpc) is 2.15. The smallest absolute Gasteiger partial charge is 0.137 e. The fourth-order valence-electron chi connectivity index (χ4n) is 1.33. The first-order valence-electron chi connectivity index (χ1n) is 4.11. The molecule has 2 rings (SSSR count). The molecule has 1 aromatic heterocycles. The van der Waals surface area contributed by atoms with Gasteiger partial charge in [0.05, 0.1) is 23.0 Å². The van der Waals surface area contributed by atoms with Gasteiger partial charge in [-0.15, -0.1) is 0 Å². The second-order valence-corrected chi connectivity index (χ2v) is 3.72. The van der Waals surface area contributed by atoms with Crippen molar-refractivity contribution in [1.82, 2.24) is 4.98 Å². The molecule has 0 bridgehead atoms. The van der Waals surface area contributed by atoms with Gasteiger partial charge in [0.1, 0.15) is 16.7 Å². The highest BCUT2D eigenvalue weighted by molar-refractivity contribution is 6.37. The molecule has 0 saturated heterocycles. The summed E-state index contributed by atoms with van der Waals surface area (Å²) in [5.74, 6) is -0.0932. The van der Waals surface area contributed by atoms with Crippen molar-refractivity contribution in [3.05, 3.63) is 34.2 Å². The number of methoxy groups -OCH3 is 1. The molecule has 0 aliphatic heterocycles. The summed E-state index contributed by atoms with van der Waals surface area (Å²) in [7, 11) is 1.45. The summed E-state index contributed by atoms with van der Waals surface area (Å²) in [6, 6.07) is 4.24. The lowest BCUT2D eigenvalue weighted by Gasteiger charge is -2.05. The minimum atomic E-state index is -0.474.